The molecule has 0 amide bonds. The van der Waals surface area contributed by atoms with E-state index in [1.54, 1.807) is 0 Å². The zero-order chi connectivity index (χ0) is 12.4. The monoisotopic (exact) mass is 237 g/mol. The highest BCUT2D eigenvalue weighted by Gasteiger charge is 2.06. The van der Waals surface area contributed by atoms with Gasteiger partial charge in [0.25, 0.3) is 0 Å². The van der Waals surface area contributed by atoms with Gasteiger partial charge in [-0.3, -0.25) is 0 Å². The first kappa shape index (κ1) is 11.1. The Kier molecular flexibility index (Phi) is 2.87. The van der Waals surface area contributed by atoms with Gasteiger partial charge in [0.15, 0.2) is 0 Å². The van der Waals surface area contributed by atoms with Crippen LogP contribution in [0.5, 0.6) is 0 Å². The quantitative estimate of drug-likeness (QED) is 0.743. The van der Waals surface area contributed by atoms with Gasteiger partial charge in [0.2, 0.25) is 0 Å². The van der Waals surface area contributed by atoms with E-state index < -0.39 is 0 Å². The Balaban J connectivity index is 2.07. The molecule has 0 saturated heterocycles. The third-order valence-electron chi connectivity index (χ3n) is 3.24. The number of benzene rings is 2. The van der Waals surface area contributed by atoms with Crippen molar-refractivity contribution in [1.82, 2.24) is 4.57 Å². The third kappa shape index (κ3) is 1.91. The zero-order valence-corrected chi connectivity index (χ0v) is 10.1. The maximum Gasteiger partial charge on any atom is 0.0702 e. The predicted octanol–water partition coefficient (Wildman–Crippen LogP) is 3.18. The van der Waals surface area contributed by atoms with Crippen molar-refractivity contribution in [2.24, 2.45) is 0 Å². The minimum atomic E-state index is 0.0856. The molecule has 3 rings (SSSR count). The van der Waals surface area contributed by atoms with Crippen LogP contribution in [0.1, 0.15) is 11.1 Å². The molecule has 0 aliphatic heterocycles. The van der Waals surface area contributed by atoms with Gasteiger partial charge in [-0.05, 0) is 11.6 Å². The molecule has 2 nitrogen and oxygen atoms in total. The molecule has 0 fully saturated rings. The van der Waals surface area contributed by atoms with E-state index in [0.717, 1.165) is 17.5 Å². The van der Waals surface area contributed by atoms with E-state index in [-0.39, 0.29) is 6.61 Å². The average molecular weight is 237 g/mol. The molecule has 1 heterocycles. The van der Waals surface area contributed by atoms with Crippen molar-refractivity contribution in [2.75, 3.05) is 0 Å². The Labute approximate surface area is 106 Å². The molecule has 18 heavy (non-hydrogen) atoms. The number of hydrogen-bond donors (Lipinski definition) is 1. The number of nitrogens with zero attached hydrogens (tertiary/aromatic N) is 1. The van der Waals surface area contributed by atoms with Gasteiger partial charge in [0.1, 0.15) is 0 Å². The van der Waals surface area contributed by atoms with Crippen LogP contribution < -0.4 is 0 Å². The molecule has 0 radical (unpaired) electrons. The largest absolute Gasteiger partial charge is 0.392 e. The van der Waals surface area contributed by atoms with Crippen LogP contribution in [0, 0.1) is 0 Å². The number of fused-ring (bicyclic) bond motifs is 1. The summed E-state index contributed by atoms with van der Waals surface area (Å²) >= 11 is 0. The van der Waals surface area contributed by atoms with E-state index in [1.165, 1.54) is 11.1 Å². The summed E-state index contributed by atoms with van der Waals surface area (Å²) < 4.78 is 2.19. The van der Waals surface area contributed by atoms with E-state index in [9.17, 15) is 5.11 Å². The zero-order valence-electron chi connectivity index (χ0n) is 10.1. The minimum Gasteiger partial charge on any atom is -0.392 e. The molecule has 90 valence electrons. The van der Waals surface area contributed by atoms with Crippen molar-refractivity contribution >= 4 is 10.9 Å². The summed E-state index contributed by atoms with van der Waals surface area (Å²) in [4.78, 5) is 0. The van der Waals surface area contributed by atoms with Crippen molar-refractivity contribution in [2.45, 2.75) is 13.2 Å². The SMILES string of the molecule is OCc1cn(Cc2ccccc2)c2ccccc12. The maximum absolute atomic E-state index is 9.40. The lowest BCUT2D eigenvalue weighted by Gasteiger charge is -2.05. The maximum atomic E-state index is 9.40. The highest BCUT2D eigenvalue weighted by Crippen LogP contribution is 2.22. The lowest BCUT2D eigenvalue weighted by molar-refractivity contribution is 0.283. The fourth-order valence-electron chi connectivity index (χ4n) is 2.36. The van der Waals surface area contributed by atoms with Crippen LogP contribution in [-0.4, -0.2) is 9.67 Å². The summed E-state index contributed by atoms with van der Waals surface area (Å²) in [6.45, 7) is 0.920. The molecule has 0 atom stereocenters. The van der Waals surface area contributed by atoms with Crippen LogP contribution in [0.15, 0.2) is 60.8 Å². The van der Waals surface area contributed by atoms with Gasteiger partial charge in [0, 0.05) is 29.2 Å². The van der Waals surface area contributed by atoms with Crippen molar-refractivity contribution in [3.63, 3.8) is 0 Å². The second-order valence-corrected chi connectivity index (χ2v) is 4.44. The van der Waals surface area contributed by atoms with Crippen LogP contribution in [0.25, 0.3) is 10.9 Å². The van der Waals surface area contributed by atoms with Gasteiger partial charge in [0.05, 0.1) is 6.61 Å². The van der Waals surface area contributed by atoms with Crippen LogP contribution in [0.3, 0.4) is 0 Å². The molecule has 1 aromatic heterocycles. The molecular weight excluding hydrogens is 222 g/mol. The van der Waals surface area contributed by atoms with Crippen molar-refractivity contribution < 1.29 is 5.11 Å². The summed E-state index contributed by atoms with van der Waals surface area (Å²) in [5.41, 5.74) is 3.43. The van der Waals surface area contributed by atoms with Crippen LogP contribution >= 0.6 is 0 Å². The van der Waals surface area contributed by atoms with Crippen LogP contribution in [0.4, 0.5) is 0 Å². The van der Waals surface area contributed by atoms with Gasteiger partial charge >= 0.3 is 0 Å². The van der Waals surface area contributed by atoms with E-state index in [4.69, 9.17) is 0 Å². The summed E-state index contributed by atoms with van der Waals surface area (Å²) in [5, 5.41) is 10.5. The standard InChI is InChI=1S/C16H15NO/c18-12-14-11-17(10-13-6-2-1-3-7-13)16-9-5-4-8-15(14)16/h1-9,11,18H,10,12H2. The topological polar surface area (TPSA) is 25.2 Å². The van der Waals surface area contributed by atoms with Gasteiger partial charge < -0.3 is 9.67 Å². The van der Waals surface area contributed by atoms with Crippen LogP contribution in [0.2, 0.25) is 0 Å². The predicted molar refractivity (Wildman–Crippen MR) is 73.4 cm³/mol. The number of aromatic nitrogens is 1. The molecule has 0 unspecified atom stereocenters. The first-order valence-corrected chi connectivity index (χ1v) is 6.10. The molecule has 3 aromatic rings. The van der Waals surface area contributed by atoms with E-state index in [2.05, 4.69) is 28.8 Å². The molecule has 0 bridgehead atoms. The number of aliphatic hydroxyl groups excluding tert-OH is 1. The first-order valence-electron chi connectivity index (χ1n) is 6.10. The minimum absolute atomic E-state index is 0.0856. The summed E-state index contributed by atoms with van der Waals surface area (Å²) in [5.74, 6) is 0. The van der Waals surface area contributed by atoms with Gasteiger partial charge in [-0.15, -0.1) is 0 Å². The fraction of sp³-hybridized carbons (Fsp3) is 0.125. The molecule has 2 heteroatoms. The van der Waals surface area contributed by atoms with Gasteiger partial charge in [-0.2, -0.15) is 0 Å². The molecular formula is C16H15NO. The van der Waals surface area contributed by atoms with E-state index in [1.807, 2.05) is 36.5 Å². The lowest BCUT2D eigenvalue weighted by atomic mass is 10.2. The van der Waals surface area contributed by atoms with Crippen molar-refractivity contribution in [3.8, 4) is 0 Å². The number of rotatable bonds is 3. The van der Waals surface area contributed by atoms with Crippen LogP contribution in [-0.2, 0) is 13.2 Å². The van der Waals surface area contributed by atoms with Gasteiger partial charge in [-0.1, -0.05) is 48.5 Å². The molecule has 0 spiro atoms. The van der Waals surface area contributed by atoms with Gasteiger partial charge in [-0.25, -0.2) is 0 Å². The van der Waals surface area contributed by atoms with E-state index in [0.29, 0.717) is 0 Å². The second kappa shape index (κ2) is 4.67. The Morgan fingerprint density at radius 3 is 2.39 bits per heavy atom. The van der Waals surface area contributed by atoms with Crippen molar-refractivity contribution in [3.05, 3.63) is 71.9 Å². The summed E-state index contributed by atoms with van der Waals surface area (Å²) in [7, 11) is 0. The molecule has 0 aliphatic rings. The highest BCUT2D eigenvalue weighted by molar-refractivity contribution is 5.83. The normalized spacial score (nSPS) is 10.9. The van der Waals surface area contributed by atoms with E-state index >= 15 is 0 Å². The Morgan fingerprint density at radius 2 is 1.61 bits per heavy atom. The molecule has 1 N–H and O–H groups in total. The number of aliphatic hydroxyl groups is 1. The molecule has 2 aromatic carbocycles. The fourth-order valence-corrected chi connectivity index (χ4v) is 2.36. The molecule has 0 saturated carbocycles. The van der Waals surface area contributed by atoms with Crippen molar-refractivity contribution in [1.29, 1.82) is 0 Å². The lowest BCUT2D eigenvalue weighted by Crippen LogP contribution is -1.97. The first-order chi connectivity index (χ1) is 8.88. The summed E-state index contributed by atoms with van der Waals surface area (Å²) in [6, 6.07) is 18.6. The number of para-hydroxylation sites is 1. The Bertz CT molecular complexity index is 655. The second-order valence-electron chi connectivity index (χ2n) is 4.44. The Hall–Kier alpha value is -2.06. The highest BCUT2D eigenvalue weighted by atomic mass is 16.3. The Morgan fingerprint density at radius 1 is 0.889 bits per heavy atom. The number of hydrogen-bond acceptors (Lipinski definition) is 1. The third-order valence-corrected chi connectivity index (χ3v) is 3.24. The average Bonchev–Trinajstić information content (AvgIpc) is 2.78. The summed E-state index contributed by atoms with van der Waals surface area (Å²) in [6.07, 6.45) is 2.04. The smallest absolute Gasteiger partial charge is 0.0702 e. The molecule has 0 aliphatic carbocycles.